The van der Waals surface area contributed by atoms with Gasteiger partial charge in [0.15, 0.2) is 0 Å². The minimum absolute atomic E-state index is 0.500. The van der Waals surface area contributed by atoms with E-state index in [-0.39, 0.29) is 0 Å². The van der Waals surface area contributed by atoms with Gasteiger partial charge in [-0.2, -0.15) is 0 Å². The van der Waals surface area contributed by atoms with Crippen molar-refractivity contribution in [3.05, 3.63) is 62.0 Å². The van der Waals surface area contributed by atoms with Crippen molar-refractivity contribution in [2.75, 3.05) is 0 Å². The van der Waals surface area contributed by atoms with Crippen LogP contribution in [0.25, 0.3) is 6.08 Å². The molecule has 108 valence electrons. The van der Waals surface area contributed by atoms with Gasteiger partial charge in [0, 0.05) is 10.5 Å². The number of ether oxygens (including phenoxy) is 1. The Kier molecular flexibility index (Phi) is 5.45. The molecular formula is C15H9Br2ClO3. The fraction of sp³-hybridized carbons (Fsp3) is 0. The molecule has 0 saturated heterocycles. The highest BCUT2D eigenvalue weighted by Crippen LogP contribution is 2.35. The number of carbonyl (C=O) groups is 1. The van der Waals surface area contributed by atoms with Crippen LogP contribution in [0.15, 0.2) is 51.4 Å². The van der Waals surface area contributed by atoms with E-state index in [1.807, 2.05) is 6.07 Å². The third-order valence-corrected chi connectivity index (χ3v) is 3.91. The number of hydrogen-bond acceptors (Lipinski definition) is 2. The largest absolute Gasteiger partial charge is 0.478 e. The lowest BCUT2D eigenvalue weighted by atomic mass is 10.2. The molecular weight excluding hydrogens is 423 g/mol. The quantitative estimate of drug-likeness (QED) is 0.626. The van der Waals surface area contributed by atoms with Crippen molar-refractivity contribution in [1.82, 2.24) is 0 Å². The molecule has 0 aliphatic carbocycles. The van der Waals surface area contributed by atoms with Crippen LogP contribution in [0.1, 0.15) is 5.56 Å². The molecule has 1 N–H and O–H groups in total. The van der Waals surface area contributed by atoms with Gasteiger partial charge in [-0.15, -0.1) is 0 Å². The lowest BCUT2D eigenvalue weighted by molar-refractivity contribution is -0.131. The highest BCUT2D eigenvalue weighted by atomic mass is 79.9. The minimum Gasteiger partial charge on any atom is -0.478 e. The molecule has 6 heteroatoms. The Morgan fingerprint density at radius 1 is 1.14 bits per heavy atom. The molecule has 2 aromatic carbocycles. The van der Waals surface area contributed by atoms with Crippen LogP contribution in [0.5, 0.6) is 11.5 Å². The first kappa shape index (κ1) is 16.1. The summed E-state index contributed by atoms with van der Waals surface area (Å²) in [5, 5.41) is 9.11. The van der Waals surface area contributed by atoms with Gasteiger partial charge in [0.25, 0.3) is 0 Å². The molecule has 0 aliphatic heterocycles. The molecule has 0 aliphatic rings. The fourth-order valence-corrected chi connectivity index (χ4v) is 2.52. The number of carboxylic acid groups (broad SMARTS) is 1. The summed E-state index contributed by atoms with van der Waals surface area (Å²) >= 11 is 12.8. The minimum atomic E-state index is -0.993. The van der Waals surface area contributed by atoms with Gasteiger partial charge in [-0.05, 0) is 57.9 Å². The topological polar surface area (TPSA) is 46.5 Å². The highest BCUT2D eigenvalue weighted by molar-refractivity contribution is 9.10. The van der Waals surface area contributed by atoms with E-state index in [4.69, 9.17) is 21.4 Å². The summed E-state index contributed by atoms with van der Waals surface area (Å²) in [7, 11) is 0. The molecule has 0 atom stereocenters. The lowest BCUT2D eigenvalue weighted by Gasteiger charge is -2.10. The highest BCUT2D eigenvalue weighted by Gasteiger charge is 2.07. The number of aliphatic carboxylic acids is 1. The van der Waals surface area contributed by atoms with Crippen molar-refractivity contribution in [2.24, 2.45) is 0 Å². The van der Waals surface area contributed by atoms with E-state index in [0.29, 0.717) is 21.0 Å². The van der Waals surface area contributed by atoms with Gasteiger partial charge in [-0.1, -0.05) is 33.6 Å². The Bertz CT molecular complexity index is 714. The van der Waals surface area contributed by atoms with Gasteiger partial charge in [0.05, 0.1) is 9.50 Å². The third kappa shape index (κ3) is 4.59. The molecule has 0 heterocycles. The second-order valence-corrected chi connectivity index (χ2v) is 6.22. The Balaban J connectivity index is 2.25. The normalized spacial score (nSPS) is 10.8. The van der Waals surface area contributed by atoms with Crippen LogP contribution in [-0.2, 0) is 4.79 Å². The summed E-state index contributed by atoms with van der Waals surface area (Å²) in [5.41, 5.74) is 0.747. The van der Waals surface area contributed by atoms with Gasteiger partial charge in [0.2, 0.25) is 0 Å². The van der Waals surface area contributed by atoms with Crippen molar-refractivity contribution in [3.8, 4) is 11.5 Å². The van der Waals surface area contributed by atoms with E-state index in [9.17, 15) is 4.79 Å². The molecule has 2 rings (SSSR count). The summed E-state index contributed by atoms with van der Waals surface area (Å²) in [6.07, 6.45) is 2.58. The first-order valence-corrected chi connectivity index (χ1v) is 7.75. The Labute approximate surface area is 143 Å². The van der Waals surface area contributed by atoms with E-state index >= 15 is 0 Å². The van der Waals surface area contributed by atoms with Gasteiger partial charge in [-0.3, -0.25) is 0 Å². The first-order chi connectivity index (χ1) is 9.95. The van der Waals surface area contributed by atoms with Gasteiger partial charge in [0.1, 0.15) is 11.5 Å². The van der Waals surface area contributed by atoms with Gasteiger partial charge in [-0.25, -0.2) is 4.79 Å². The molecule has 0 radical (unpaired) electrons. The number of benzene rings is 2. The monoisotopic (exact) mass is 430 g/mol. The molecule has 3 nitrogen and oxygen atoms in total. The summed E-state index contributed by atoms with van der Waals surface area (Å²) < 4.78 is 7.31. The molecule has 0 spiro atoms. The Hall–Kier alpha value is -1.30. The smallest absolute Gasteiger partial charge is 0.328 e. The van der Waals surface area contributed by atoms with E-state index in [1.165, 1.54) is 6.08 Å². The SMILES string of the molecule is O=C(O)/C=C/c1ccc(Oc2cc(Br)ccc2Cl)c(Br)c1. The van der Waals surface area contributed by atoms with Crippen molar-refractivity contribution < 1.29 is 14.6 Å². The van der Waals surface area contributed by atoms with Gasteiger partial charge >= 0.3 is 5.97 Å². The van der Waals surface area contributed by atoms with Crippen LogP contribution in [0.4, 0.5) is 0 Å². The van der Waals surface area contributed by atoms with Crippen LogP contribution in [0, 0.1) is 0 Å². The van der Waals surface area contributed by atoms with Crippen LogP contribution in [0.3, 0.4) is 0 Å². The van der Waals surface area contributed by atoms with Crippen LogP contribution in [-0.4, -0.2) is 11.1 Å². The molecule has 2 aromatic rings. The van der Waals surface area contributed by atoms with Crippen molar-refractivity contribution in [1.29, 1.82) is 0 Å². The van der Waals surface area contributed by atoms with Crippen LogP contribution >= 0.6 is 43.5 Å². The zero-order valence-electron chi connectivity index (χ0n) is 10.5. The molecule has 0 fully saturated rings. The number of carboxylic acids is 1. The summed E-state index contributed by atoms with van der Waals surface area (Å²) in [6.45, 7) is 0. The van der Waals surface area contributed by atoms with E-state index in [2.05, 4.69) is 31.9 Å². The lowest BCUT2D eigenvalue weighted by Crippen LogP contribution is -1.88. The zero-order valence-corrected chi connectivity index (χ0v) is 14.4. The maximum absolute atomic E-state index is 10.5. The van der Waals surface area contributed by atoms with Crippen LogP contribution < -0.4 is 4.74 Å². The number of rotatable bonds is 4. The molecule has 0 saturated carbocycles. The molecule has 21 heavy (non-hydrogen) atoms. The molecule has 0 bridgehead atoms. The fourth-order valence-electron chi connectivity index (χ4n) is 1.54. The third-order valence-electron chi connectivity index (χ3n) is 2.49. The Morgan fingerprint density at radius 2 is 1.90 bits per heavy atom. The number of halogens is 3. The Morgan fingerprint density at radius 3 is 2.57 bits per heavy atom. The maximum Gasteiger partial charge on any atom is 0.328 e. The van der Waals surface area contributed by atoms with E-state index < -0.39 is 5.97 Å². The predicted molar refractivity (Wildman–Crippen MR) is 90.0 cm³/mol. The van der Waals surface area contributed by atoms with Gasteiger partial charge < -0.3 is 9.84 Å². The molecule has 0 unspecified atom stereocenters. The standard InChI is InChI=1S/C15H9Br2ClO3/c16-10-3-4-12(18)14(8-10)21-13-5-1-9(7-11(13)17)2-6-15(19)20/h1-8H,(H,19,20)/b6-2+. The molecule has 0 aromatic heterocycles. The van der Waals surface area contributed by atoms with Crippen molar-refractivity contribution in [3.63, 3.8) is 0 Å². The average Bonchev–Trinajstić information content (AvgIpc) is 2.43. The summed E-state index contributed by atoms with van der Waals surface area (Å²) in [5.74, 6) is 0.121. The zero-order chi connectivity index (χ0) is 15.4. The second kappa shape index (κ2) is 7.11. The molecule has 0 amide bonds. The second-order valence-electron chi connectivity index (χ2n) is 4.04. The van der Waals surface area contributed by atoms with E-state index in [1.54, 1.807) is 30.3 Å². The summed E-state index contributed by atoms with van der Waals surface area (Å²) in [6, 6.07) is 10.6. The predicted octanol–water partition coefficient (Wildman–Crippen LogP) is 5.76. The van der Waals surface area contributed by atoms with Crippen molar-refractivity contribution >= 4 is 55.5 Å². The summed E-state index contributed by atoms with van der Waals surface area (Å²) in [4.78, 5) is 10.5. The van der Waals surface area contributed by atoms with E-state index in [0.717, 1.165) is 16.1 Å². The average molecular weight is 432 g/mol. The number of hydrogen-bond donors (Lipinski definition) is 1. The first-order valence-electron chi connectivity index (χ1n) is 5.79. The maximum atomic E-state index is 10.5. The van der Waals surface area contributed by atoms with Crippen LogP contribution in [0.2, 0.25) is 5.02 Å². The van der Waals surface area contributed by atoms with Crippen molar-refractivity contribution in [2.45, 2.75) is 0 Å².